The van der Waals surface area contributed by atoms with Crippen LogP contribution in [0.1, 0.15) is 90.9 Å². The zero-order chi connectivity index (χ0) is 23.4. The van der Waals surface area contributed by atoms with Crippen molar-refractivity contribution in [3.05, 3.63) is 29.1 Å². The molecule has 0 saturated heterocycles. The van der Waals surface area contributed by atoms with Gasteiger partial charge >= 0.3 is 0 Å². The monoisotopic (exact) mass is 471 g/mol. The summed E-state index contributed by atoms with van der Waals surface area (Å²) in [6.07, 6.45) is 10.4. The predicted octanol–water partition coefficient (Wildman–Crippen LogP) is 7.09. The molecule has 0 aliphatic rings. The van der Waals surface area contributed by atoms with Crippen molar-refractivity contribution in [1.29, 1.82) is 0 Å². The third-order valence-corrected chi connectivity index (χ3v) is 7.21. The molecule has 1 aromatic rings. The molecule has 0 aliphatic carbocycles. The molecule has 0 atom stereocenters. The van der Waals surface area contributed by atoms with E-state index >= 15 is 0 Å². The highest BCUT2D eigenvalue weighted by atomic mass is 32.2. The molecular formula is C22H34F5NO2S. The van der Waals surface area contributed by atoms with Crippen molar-refractivity contribution < 1.29 is 30.4 Å². The lowest BCUT2D eigenvalue weighted by molar-refractivity contribution is 0.344. The highest BCUT2D eigenvalue weighted by Gasteiger charge is 2.36. The van der Waals surface area contributed by atoms with E-state index in [1.165, 1.54) is 0 Å². The lowest BCUT2D eigenvalue weighted by atomic mass is 10.1. The second kappa shape index (κ2) is 14.0. The highest BCUT2D eigenvalue weighted by molar-refractivity contribution is 7.89. The van der Waals surface area contributed by atoms with E-state index in [1.54, 1.807) is 0 Å². The standard InChI is InChI=1S/C22H34F5NO2S/c1-3-5-7-9-11-13-15-28(16-14-12-10-8-6-4-2)31(29,30)22-20(26)18(24)17(23)19(25)21(22)27/h3-16H2,1-2H3. The molecule has 0 aliphatic heterocycles. The highest BCUT2D eigenvalue weighted by Crippen LogP contribution is 2.29. The maximum Gasteiger partial charge on any atom is 0.249 e. The van der Waals surface area contributed by atoms with E-state index in [9.17, 15) is 30.4 Å². The van der Waals surface area contributed by atoms with Gasteiger partial charge in [0.1, 0.15) is 0 Å². The van der Waals surface area contributed by atoms with Gasteiger partial charge in [0.05, 0.1) is 0 Å². The Bertz CT molecular complexity index is 742. The molecule has 0 radical (unpaired) electrons. The summed E-state index contributed by atoms with van der Waals surface area (Å²) >= 11 is 0. The van der Waals surface area contributed by atoms with Gasteiger partial charge in [0.25, 0.3) is 0 Å². The largest absolute Gasteiger partial charge is 0.249 e. The van der Waals surface area contributed by atoms with Gasteiger partial charge in [0.2, 0.25) is 15.8 Å². The molecule has 1 rings (SSSR count). The minimum absolute atomic E-state index is 0.0249. The molecule has 9 heteroatoms. The fourth-order valence-electron chi connectivity index (χ4n) is 3.43. The van der Waals surface area contributed by atoms with E-state index in [0.29, 0.717) is 12.8 Å². The van der Waals surface area contributed by atoms with Crippen LogP contribution in [0.25, 0.3) is 0 Å². The Morgan fingerprint density at radius 2 is 0.871 bits per heavy atom. The van der Waals surface area contributed by atoms with Crippen LogP contribution in [0, 0.1) is 29.1 Å². The van der Waals surface area contributed by atoms with E-state index in [-0.39, 0.29) is 13.1 Å². The molecule has 0 heterocycles. The zero-order valence-corrected chi connectivity index (χ0v) is 19.3. The molecular weight excluding hydrogens is 437 g/mol. The van der Waals surface area contributed by atoms with Crippen molar-refractivity contribution in [2.24, 2.45) is 0 Å². The molecule has 0 N–H and O–H groups in total. The van der Waals surface area contributed by atoms with Crippen molar-refractivity contribution in [3.8, 4) is 0 Å². The summed E-state index contributed by atoms with van der Waals surface area (Å²) in [5.74, 6) is -11.5. The lowest BCUT2D eigenvalue weighted by Crippen LogP contribution is -2.35. The third-order valence-electron chi connectivity index (χ3n) is 5.29. The Morgan fingerprint density at radius 1 is 0.548 bits per heavy atom. The predicted molar refractivity (Wildman–Crippen MR) is 112 cm³/mol. The molecule has 0 fully saturated rings. The van der Waals surface area contributed by atoms with Gasteiger partial charge < -0.3 is 0 Å². The van der Waals surface area contributed by atoms with Crippen LogP contribution in [0.5, 0.6) is 0 Å². The van der Waals surface area contributed by atoms with Crippen molar-refractivity contribution in [2.45, 2.75) is 95.8 Å². The van der Waals surface area contributed by atoms with Crippen LogP contribution in [-0.2, 0) is 10.0 Å². The number of unbranched alkanes of at least 4 members (excludes halogenated alkanes) is 10. The Kier molecular flexibility index (Phi) is 12.6. The van der Waals surface area contributed by atoms with Crippen molar-refractivity contribution >= 4 is 10.0 Å². The number of benzene rings is 1. The maximum atomic E-state index is 14.2. The van der Waals surface area contributed by atoms with Crippen molar-refractivity contribution in [3.63, 3.8) is 0 Å². The molecule has 0 bridgehead atoms. The van der Waals surface area contributed by atoms with Gasteiger partial charge in [0, 0.05) is 13.1 Å². The maximum absolute atomic E-state index is 14.2. The zero-order valence-electron chi connectivity index (χ0n) is 18.5. The second-order valence-corrected chi connectivity index (χ2v) is 9.71. The summed E-state index contributed by atoms with van der Waals surface area (Å²) in [6, 6.07) is 0. The number of halogens is 5. The first-order chi connectivity index (χ1) is 14.7. The summed E-state index contributed by atoms with van der Waals surface area (Å²) in [4.78, 5) is -1.76. The van der Waals surface area contributed by atoms with Gasteiger partial charge in [-0.05, 0) is 12.8 Å². The number of hydrogen-bond acceptors (Lipinski definition) is 2. The topological polar surface area (TPSA) is 37.4 Å². The molecule has 0 aromatic heterocycles. The summed E-state index contributed by atoms with van der Waals surface area (Å²) in [7, 11) is -4.88. The number of hydrogen-bond donors (Lipinski definition) is 0. The molecule has 180 valence electrons. The van der Waals surface area contributed by atoms with Crippen molar-refractivity contribution in [2.75, 3.05) is 13.1 Å². The van der Waals surface area contributed by atoms with Crippen LogP contribution in [0.4, 0.5) is 22.0 Å². The molecule has 0 amide bonds. The number of nitrogens with zero attached hydrogens (tertiary/aromatic N) is 1. The first-order valence-electron chi connectivity index (χ1n) is 11.2. The van der Waals surface area contributed by atoms with Gasteiger partial charge in [-0.1, -0.05) is 78.1 Å². The first-order valence-corrected chi connectivity index (χ1v) is 12.7. The second-order valence-electron chi connectivity index (χ2n) is 7.84. The number of rotatable bonds is 16. The summed E-state index contributed by atoms with van der Waals surface area (Å²) in [5.41, 5.74) is 0. The normalized spacial score (nSPS) is 12.1. The Labute approximate surface area is 183 Å². The van der Waals surface area contributed by atoms with Gasteiger partial charge in [-0.2, -0.15) is 4.31 Å². The van der Waals surface area contributed by atoms with Gasteiger partial charge in [-0.25, -0.2) is 30.4 Å². The fraction of sp³-hybridized carbons (Fsp3) is 0.727. The Morgan fingerprint density at radius 3 is 1.26 bits per heavy atom. The lowest BCUT2D eigenvalue weighted by Gasteiger charge is -2.23. The van der Waals surface area contributed by atoms with Crippen molar-refractivity contribution in [1.82, 2.24) is 4.31 Å². The fourth-order valence-corrected chi connectivity index (χ4v) is 5.06. The van der Waals surface area contributed by atoms with Crippen LogP contribution in [0.15, 0.2) is 4.90 Å². The van der Waals surface area contributed by atoms with Gasteiger partial charge in [-0.15, -0.1) is 0 Å². The SMILES string of the molecule is CCCCCCCCN(CCCCCCCC)S(=O)(=O)c1c(F)c(F)c(F)c(F)c1F. The van der Waals surface area contributed by atoms with Gasteiger partial charge in [0.15, 0.2) is 28.2 Å². The molecule has 3 nitrogen and oxygen atoms in total. The van der Waals surface area contributed by atoms with Crippen LogP contribution >= 0.6 is 0 Å². The van der Waals surface area contributed by atoms with E-state index in [0.717, 1.165) is 68.5 Å². The Balaban J connectivity index is 3.01. The number of sulfonamides is 1. The molecule has 0 spiro atoms. The third kappa shape index (κ3) is 8.00. The van der Waals surface area contributed by atoms with E-state index in [4.69, 9.17) is 0 Å². The average Bonchev–Trinajstić information content (AvgIpc) is 2.73. The molecule has 0 saturated carbocycles. The van der Waals surface area contributed by atoms with Gasteiger partial charge in [-0.3, -0.25) is 0 Å². The summed E-state index contributed by atoms with van der Waals surface area (Å²) < 4.78 is 95.6. The van der Waals surface area contributed by atoms with E-state index in [1.807, 2.05) is 0 Å². The summed E-state index contributed by atoms with van der Waals surface area (Å²) in [6.45, 7) is 4.09. The van der Waals surface area contributed by atoms with E-state index < -0.39 is 44.0 Å². The minimum atomic E-state index is -4.88. The minimum Gasteiger partial charge on any atom is -0.207 e. The van der Waals surface area contributed by atoms with Crippen LogP contribution in [0.2, 0.25) is 0 Å². The quantitative estimate of drug-likeness (QED) is 0.112. The first kappa shape index (κ1) is 27.8. The Hall–Kier alpha value is -1.22. The van der Waals surface area contributed by atoms with E-state index in [2.05, 4.69) is 13.8 Å². The molecule has 1 aromatic carbocycles. The molecule has 0 unspecified atom stereocenters. The van der Waals surface area contributed by atoms with Crippen LogP contribution in [-0.4, -0.2) is 25.8 Å². The van der Waals surface area contributed by atoms with Crippen LogP contribution in [0.3, 0.4) is 0 Å². The average molecular weight is 472 g/mol. The summed E-state index contributed by atoms with van der Waals surface area (Å²) in [5, 5.41) is 0. The molecule has 31 heavy (non-hydrogen) atoms. The van der Waals surface area contributed by atoms with Crippen LogP contribution < -0.4 is 0 Å². The smallest absolute Gasteiger partial charge is 0.207 e.